The minimum absolute atomic E-state index is 0.0828. The zero-order valence-electron chi connectivity index (χ0n) is 11.4. The van der Waals surface area contributed by atoms with Crippen molar-refractivity contribution in [2.45, 2.75) is 64.8 Å². The van der Waals surface area contributed by atoms with Crippen LogP contribution in [0.5, 0.6) is 0 Å². The van der Waals surface area contributed by atoms with Crippen molar-refractivity contribution < 1.29 is 14.7 Å². The molecule has 1 fully saturated rings. The number of hydrogen-bond acceptors (Lipinski definition) is 2. The predicted molar refractivity (Wildman–Crippen MR) is 70.2 cm³/mol. The first kappa shape index (κ1) is 15.0. The van der Waals surface area contributed by atoms with Crippen LogP contribution < -0.4 is 5.32 Å². The minimum Gasteiger partial charge on any atom is -0.480 e. The third-order valence-electron chi connectivity index (χ3n) is 3.70. The Morgan fingerprint density at radius 3 is 2.17 bits per heavy atom. The monoisotopic (exact) mass is 255 g/mol. The van der Waals surface area contributed by atoms with Crippen molar-refractivity contribution in [1.82, 2.24) is 5.32 Å². The molecular weight excluding hydrogens is 230 g/mol. The van der Waals surface area contributed by atoms with Crippen LogP contribution in [0.15, 0.2) is 0 Å². The zero-order chi connectivity index (χ0) is 13.5. The van der Waals surface area contributed by atoms with Gasteiger partial charge in [0.1, 0.15) is 6.04 Å². The Morgan fingerprint density at radius 1 is 1.17 bits per heavy atom. The second-order valence-corrected chi connectivity index (χ2v) is 5.69. The molecule has 0 bridgehead atoms. The Labute approximate surface area is 109 Å². The van der Waals surface area contributed by atoms with E-state index in [-0.39, 0.29) is 11.8 Å². The summed E-state index contributed by atoms with van der Waals surface area (Å²) in [6.07, 6.45) is 7.62. The van der Waals surface area contributed by atoms with Crippen molar-refractivity contribution in [3.63, 3.8) is 0 Å². The Hall–Kier alpha value is -1.06. The number of carboxylic acid groups (broad SMARTS) is 1. The molecule has 0 heterocycles. The van der Waals surface area contributed by atoms with Gasteiger partial charge in [-0.3, -0.25) is 4.79 Å². The van der Waals surface area contributed by atoms with E-state index in [9.17, 15) is 9.59 Å². The summed E-state index contributed by atoms with van der Waals surface area (Å²) in [7, 11) is 0. The summed E-state index contributed by atoms with van der Waals surface area (Å²) in [5.41, 5.74) is 0. The van der Waals surface area contributed by atoms with E-state index in [0.717, 1.165) is 12.8 Å². The van der Waals surface area contributed by atoms with E-state index in [4.69, 9.17) is 5.11 Å². The lowest BCUT2D eigenvalue weighted by Crippen LogP contribution is -2.44. The molecule has 1 aliphatic carbocycles. The average molecular weight is 255 g/mol. The van der Waals surface area contributed by atoms with Crippen LogP contribution in [0.2, 0.25) is 0 Å². The summed E-state index contributed by atoms with van der Waals surface area (Å²) in [6, 6.07) is -0.761. The number of carbonyl (C=O) groups excluding carboxylic acids is 1. The molecule has 0 aromatic carbocycles. The van der Waals surface area contributed by atoms with Crippen molar-refractivity contribution in [1.29, 1.82) is 0 Å². The molecule has 0 saturated heterocycles. The van der Waals surface area contributed by atoms with E-state index in [1.54, 1.807) is 0 Å². The molecule has 4 heteroatoms. The third kappa shape index (κ3) is 5.07. The molecule has 0 aliphatic heterocycles. The van der Waals surface area contributed by atoms with E-state index in [1.165, 1.54) is 25.7 Å². The van der Waals surface area contributed by atoms with Gasteiger partial charge in [-0.2, -0.15) is 0 Å². The highest BCUT2D eigenvalue weighted by atomic mass is 16.4. The van der Waals surface area contributed by atoms with Gasteiger partial charge < -0.3 is 10.4 Å². The fourth-order valence-electron chi connectivity index (χ4n) is 2.58. The maximum Gasteiger partial charge on any atom is 0.326 e. The second-order valence-electron chi connectivity index (χ2n) is 5.69. The van der Waals surface area contributed by atoms with Crippen LogP contribution in [-0.2, 0) is 9.59 Å². The molecule has 1 amide bonds. The van der Waals surface area contributed by atoms with Crippen molar-refractivity contribution in [3.8, 4) is 0 Å². The van der Waals surface area contributed by atoms with E-state index in [0.29, 0.717) is 12.3 Å². The summed E-state index contributed by atoms with van der Waals surface area (Å²) in [6.45, 7) is 3.62. The smallest absolute Gasteiger partial charge is 0.326 e. The fraction of sp³-hybridized carbons (Fsp3) is 0.857. The lowest BCUT2D eigenvalue weighted by molar-refractivity contribution is -0.143. The van der Waals surface area contributed by atoms with Crippen molar-refractivity contribution in [2.75, 3.05) is 0 Å². The zero-order valence-corrected chi connectivity index (χ0v) is 11.4. The third-order valence-corrected chi connectivity index (χ3v) is 3.70. The Balaban J connectivity index is 2.41. The quantitative estimate of drug-likeness (QED) is 0.742. The summed E-state index contributed by atoms with van der Waals surface area (Å²) in [4.78, 5) is 22.9. The summed E-state index contributed by atoms with van der Waals surface area (Å²) < 4.78 is 0. The molecule has 1 rings (SSSR count). The maximum atomic E-state index is 11.9. The molecule has 0 unspecified atom stereocenters. The van der Waals surface area contributed by atoms with Gasteiger partial charge in [0.25, 0.3) is 0 Å². The number of hydrogen-bond donors (Lipinski definition) is 2. The highest BCUT2D eigenvalue weighted by Gasteiger charge is 2.24. The molecule has 2 N–H and O–H groups in total. The molecular formula is C14H25NO3. The van der Waals surface area contributed by atoms with Crippen LogP contribution in [-0.4, -0.2) is 23.0 Å². The Kier molecular flexibility index (Phi) is 6.16. The number of rotatable bonds is 5. The van der Waals surface area contributed by atoms with Crippen LogP contribution in [0, 0.1) is 11.8 Å². The maximum absolute atomic E-state index is 11.9. The van der Waals surface area contributed by atoms with Crippen molar-refractivity contribution in [2.24, 2.45) is 11.8 Å². The summed E-state index contributed by atoms with van der Waals surface area (Å²) >= 11 is 0. The van der Waals surface area contributed by atoms with Gasteiger partial charge in [-0.1, -0.05) is 39.5 Å². The van der Waals surface area contributed by atoms with E-state index in [2.05, 4.69) is 5.32 Å². The first-order valence-electron chi connectivity index (χ1n) is 7.03. The van der Waals surface area contributed by atoms with E-state index in [1.807, 2.05) is 13.8 Å². The molecule has 1 saturated carbocycles. The van der Waals surface area contributed by atoms with Crippen LogP contribution in [0.4, 0.5) is 0 Å². The highest BCUT2D eigenvalue weighted by molar-refractivity contribution is 5.83. The number of aliphatic carboxylic acids is 1. The lowest BCUT2D eigenvalue weighted by Gasteiger charge is -2.20. The van der Waals surface area contributed by atoms with Gasteiger partial charge in [-0.25, -0.2) is 4.79 Å². The molecule has 1 atom stereocenters. The predicted octanol–water partition coefficient (Wildman–Crippen LogP) is 2.57. The largest absolute Gasteiger partial charge is 0.480 e. The number of carboxylic acids is 1. The molecule has 1 aliphatic rings. The van der Waals surface area contributed by atoms with Gasteiger partial charge >= 0.3 is 5.97 Å². The van der Waals surface area contributed by atoms with Gasteiger partial charge in [0.15, 0.2) is 0 Å². The van der Waals surface area contributed by atoms with E-state index >= 15 is 0 Å². The van der Waals surface area contributed by atoms with Crippen LogP contribution in [0.25, 0.3) is 0 Å². The molecule has 0 radical (unpaired) electrons. The molecule has 0 aromatic rings. The van der Waals surface area contributed by atoms with Crippen molar-refractivity contribution >= 4 is 11.9 Å². The molecule has 18 heavy (non-hydrogen) atoms. The first-order chi connectivity index (χ1) is 8.50. The topological polar surface area (TPSA) is 66.4 Å². The second kappa shape index (κ2) is 7.39. The fourth-order valence-corrected chi connectivity index (χ4v) is 2.58. The summed E-state index contributed by atoms with van der Waals surface area (Å²) in [5.74, 6) is -0.697. The van der Waals surface area contributed by atoms with Gasteiger partial charge in [-0.05, 0) is 24.7 Å². The molecule has 104 valence electrons. The van der Waals surface area contributed by atoms with Gasteiger partial charge in [0.05, 0.1) is 0 Å². The number of carbonyl (C=O) groups is 2. The Morgan fingerprint density at radius 2 is 1.72 bits per heavy atom. The van der Waals surface area contributed by atoms with E-state index < -0.39 is 12.0 Å². The van der Waals surface area contributed by atoms with Gasteiger partial charge in [0, 0.05) is 6.42 Å². The van der Waals surface area contributed by atoms with Crippen LogP contribution >= 0.6 is 0 Å². The standard InChI is InChI=1S/C14H25NO3/c1-10(2)13(14(17)18)15-12(16)9-11-7-5-3-4-6-8-11/h10-11,13H,3-9H2,1-2H3,(H,15,16)(H,17,18)/t13-/m1/s1. The Bertz CT molecular complexity index is 281. The highest BCUT2D eigenvalue weighted by Crippen LogP contribution is 2.25. The number of amides is 1. The van der Waals surface area contributed by atoms with Gasteiger partial charge in [0.2, 0.25) is 5.91 Å². The number of nitrogens with one attached hydrogen (secondary N) is 1. The van der Waals surface area contributed by atoms with Gasteiger partial charge in [-0.15, -0.1) is 0 Å². The molecule has 0 aromatic heterocycles. The lowest BCUT2D eigenvalue weighted by atomic mass is 9.95. The average Bonchev–Trinajstić information content (AvgIpc) is 2.53. The molecule has 4 nitrogen and oxygen atoms in total. The van der Waals surface area contributed by atoms with Crippen LogP contribution in [0.3, 0.4) is 0 Å². The normalized spacial score (nSPS) is 19.3. The molecule has 0 spiro atoms. The summed E-state index contributed by atoms with van der Waals surface area (Å²) in [5, 5.41) is 11.7. The van der Waals surface area contributed by atoms with Crippen molar-refractivity contribution in [3.05, 3.63) is 0 Å². The first-order valence-corrected chi connectivity index (χ1v) is 7.03. The SMILES string of the molecule is CC(C)[C@@H](NC(=O)CC1CCCCCC1)C(=O)O. The van der Waals surface area contributed by atoms with Crippen LogP contribution in [0.1, 0.15) is 58.8 Å². The minimum atomic E-state index is -0.945.